The van der Waals surface area contributed by atoms with Crippen LogP contribution in [0.1, 0.15) is 43.2 Å². The Morgan fingerprint density at radius 3 is 2.50 bits per heavy atom. The quantitative estimate of drug-likeness (QED) is 0.551. The van der Waals surface area contributed by atoms with E-state index in [1.807, 2.05) is 18.7 Å². The summed E-state index contributed by atoms with van der Waals surface area (Å²) in [5.41, 5.74) is 0.758. The Labute approximate surface area is 198 Å². The monoisotopic (exact) mass is 483 g/mol. The molecule has 1 aliphatic heterocycles. The molecule has 0 radical (unpaired) electrons. The van der Waals surface area contributed by atoms with Gasteiger partial charge in [0.25, 0.3) is 15.9 Å². The number of carbonyl (C=O) groups excluding carboxylic acids is 1. The number of rotatable bonds is 5. The number of sulfonamides is 1. The van der Waals surface area contributed by atoms with Gasteiger partial charge in [-0.15, -0.1) is 0 Å². The average Bonchev–Trinajstić information content (AvgIpc) is 3.04. The fourth-order valence-electron chi connectivity index (χ4n) is 4.47. The standard InChI is InChI=1S/C24H26FN5O3S/c1-15-13-24(3,4)30(14-15)22-17(10-11-19(28-22)18-7-5-9-21(25)27-18)23(31)29-34(32,33)20-8-6-12-26-16(20)2/h5-12,15H,13-14H2,1-4H3,(H,29,31)/t15-/m0/s1. The van der Waals surface area contributed by atoms with Crippen molar-refractivity contribution >= 4 is 21.7 Å². The molecular formula is C24H26FN5O3S. The van der Waals surface area contributed by atoms with Crippen molar-refractivity contribution in [2.75, 3.05) is 11.4 Å². The molecule has 1 N–H and O–H groups in total. The number of aromatic nitrogens is 3. The number of anilines is 1. The van der Waals surface area contributed by atoms with Crippen LogP contribution in [0.3, 0.4) is 0 Å². The van der Waals surface area contributed by atoms with E-state index in [0.717, 1.165) is 6.42 Å². The summed E-state index contributed by atoms with van der Waals surface area (Å²) in [5, 5.41) is 0. The number of nitrogens with one attached hydrogen (secondary N) is 1. The molecule has 4 rings (SSSR count). The summed E-state index contributed by atoms with van der Waals surface area (Å²) in [7, 11) is -4.16. The van der Waals surface area contributed by atoms with Crippen LogP contribution in [0.15, 0.2) is 53.6 Å². The topological polar surface area (TPSA) is 105 Å². The molecule has 0 spiro atoms. The summed E-state index contributed by atoms with van der Waals surface area (Å²) in [6.07, 6.45) is 2.35. The van der Waals surface area contributed by atoms with E-state index in [1.165, 1.54) is 42.6 Å². The van der Waals surface area contributed by atoms with Gasteiger partial charge in [0, 0.05) is 18.3 Å². The first-order valence-electron chi connectivity index (χ1n) is 10.9. The Kier molecular flexibility index (Phi) is 6.11. The van der Waals surface area contributed by atoms with E-state index in [0.29, 0.717) is 29.7 Å². The molecule has 3 aromatic heterocycles. The van der Waals surface area contributed by atoms with Gasteiger partial charge in [-0.05, 0) is 69.5 Å². The summed E-state index contributed by atoms with van der Waals surface area (Å²) >= 11 is 0. The SMILES string of the molecule is Cc1ncccc1S(=O)(=O)NC(=O)c1ccc(-c2cccc(F)n2)nc1N1C[C@@H](C)CC1(C)C. The summed E-state index contributed by atoms with van der Waals surface area (Å²) in [6.45, 7) is 8.39. The molecule has 0 aromatic carbocycles. The minimum Gasteiger partial charge on any atom is -0.351 e. The van der Waals surface area contributed by atoms with Crippen LogP contribution in [0, 0.1) is 18.8 Å². The zero-order valence-electron chi connectivity index (χ0n) is 19.4. The highest BCUT2D eigenvalue weighted by atomic mass is 32.2. The van der Waals surface area contributed by atoms with E-state index in [-0.39, 0.29) is 21.7 Å². The molecule has 34 heavy (non-hydrogen) atoms. The van der Waals surface area contributed by atoms with Gasteiger partial charge in [0.05, 0.1) is 22.6 Å². The fourth-order valence-corrected chi connectivity index (χ4v) is 5.63. The van der Waals surface area contributed by atoms with Crippen molar-refractivity contribution in [2.24, 2.45) is 5.92 Å². The molecule has 0 bridgehead atoms. The molecule has 4 heterocycles. The number of nitrogens with zero attached hydrogens (tertiary/aromatic N) is 4. The molecular weight excluding hydrogens is 457 g/mol. The lowest BCUT2D eigenvalue weighted by molar-refractivity contribution is 0.0981. The molecule has 10 heteroatoms. The minimum atomic E-state index is -4.16. The van der Waals surface area contributed by atoms with Crippen LogP contribution in [0.2, 0.25) is 0 Å². The van der Waals surface area contributed by atoms with Crippen molar-refractivity contribution in [1.82, 2.24) is 19.7 Å². The maximum atomic E-state index is 13.7. The van der Waals surface area contributed by atoms with Gasteiger partial charge in [-0.1, -0.05) is 13.0 Å². The van der Waals surface area contributed by atoms with E-state index in [1.54, 1.807) is 13.0 Å². The first-order valence-corrected chi connectivity index (χ1v) is 12.4. The molecule has 0 saturated carbocycles. The molecule has 1 fully saturated rings. The second-order valence-corrected chi connectivity index (χ2v) is 10.8. The van der Waals surface area contributed by atoms with Crippen LogP contribution in [-0.2, 0) is 10.0 Å². The Morgan fingerprint density at radius 1 is 1.12 bits per heavy atom. The number of carbonyl (C=O) groups is 1. The van der Waals surface area contributed by atoms with E-state index < -0.39 is 21.9 Å². The third-order valence-corrected chi connectivity index (χ3v) is 7.37. The van der Waals surface area contributed by atoms with Crippen LogP contribution in [0.25, 0.3) is 11.4 Å². The van der Waals surface area contributed by atoms with Gasteiger partial charge in [0.2, 0.25) is 5.95 Å². The molecule has 3 aromatic rings. The predicted octanol–water partition coefficient (Wildman–Crippen LogP) is 3.73. The van der Waals surface area contributed by atoms with Gasteiger partial charge in [-0.3, -0.25) is 9.78 Å². The lowest BCUT2D eigenvalue weighted by Gasteiger charge is -2.34. The number of amides is 1. The van der Waals surface area contributed by atoms with Crippen molar-refractivity contribution in [3.8, 4) is 11.4 Å². The van der Waals surface area contributed by atoms with E-state index in [4.69, 9.17) is 0 Å². The highest BCUT2D eigenvalue weighted by Crippen LogP contribution is 2.38. The number of hydrogen-bond donors (Lipinski definition) is 1. The molecule has 8 nitrogen and oxygen atoms in total. The maximum absolute atomic E-state index is 13.7. The Morgan fingerprint density at radius 2 is 1.85 bits per heavy atom. The number of aryl methyl sites for hydroxylation is 1. The lowest BCUT2D eigenvalue weighted by atomic mass is 9.97. The second-order valence-electron chi connectivity index (χ2n) is 9.17. The second kappa shape index (κ2) is 8.75. The maximum Gasteiger partial charge on any atom is 0.268 e. The van der Waals surface area contributed by atoms with Crippen LogP contribution in [0.5, 0.6) is 0 Å². The fraction of sp³-hybridized carbons (Fsp3) is 0.333. The largest absolute Gasteiger partial charge is 0.351 e. The van der Waals surface area contributed by atoms with Gasteiger partial charge in [0.15, 0.2) is 0 Å². The molecule has 1 amide bonds. The predicted molar refractivity (Wildman–Crippen MR) is 126 cm³/mol. The highest BCUT2D eigenvalue weighted by Gasteiger charge is 2.39. The van der Waals surface area contributed by atoms with Crippen LogP contribution >= 0.6 is 0 Å². The summed E-state index contributed by atoms with van der Waals surface area (Å²) in [6, 6.07) is 10.3. The third-order valence-electron chi connectivity index (χ3n) is 5.90. The van der Waals surface area contributed by atoms with Crippen molar-refractivity contribution in [2.45, 2.75) is 44.6 Å². The molecule has 0 aliphatic carbocycles. The molecule has 1 aliphatic rings. The highest BCUT2D eigenvalue weighted by molar-refractivity contribution is 7.90. The Hall–Kier alpha value is -3.40. The Balaban J connectivity index is 1.79. The molecule has 178 valence electrons. The van der Waals surface area contributed by atoms with Crippen molar-refractivity contribution < 1.29 is 17.6 Å². The molecule has 1 atom stereocenters. The number of hydrogen-bond acceptors (Lipinski definition) is 7. The van der Waals surface area contributed by atoms with Gasteiger partial charge < -0.3 is 4.90 Å². The van der Waals surface area contributed by atoms with Crippen molar-refractivity contribution in [3.63, 3.8) is 0 Å². The van der Waals surface area contributed by atoms with Crippen LogP contribution in [0.4, 0.5) is 10.2 Å². The average molecular weight is 484 g/mol. The Bertz CT molecular complexity index is 1360. The number of halogens is 1. The van der Waals surface area contributed by atoms with Gasteiger partial charge >= 0.3 is 0 Å². The van der Waals surface area contributed by atoms with Crippen LogP contribution < -0.4 is 9.62 Å². The third kappa shape index (κ3) is 4.63. The zero-order valence-corrected chi connectivity index (χ0v) is 20.2. The minimum absolute atomic E-state index is 0.0754. The van der Waals surface area contributed by atoms with Crippen LogP contribution in [-0.4, -0.2) is 41.4 Å². The first kappa shape index (κ1) is 23.7. The van der Waals surface area contributed by atoms with Gasteiger partial charge in [-0.25, -0.2) is 23.1 Å². The summed E-state index contributed by atoms with van der Waals surface area (Å²) in [4.78, 5) is 27.7. The number of pyridine rings is 3. The van der Waals surface area contributed by atoms with Gasteiger partial charge in [0.1, 0.15) is 10.7 Å². The lowest BCUT2D eigenvalue weighted by Crippen LogP contribution is -2.41. The van der Waals surface area contributed by atoms with E-state index in [9.17, 15) is 17.6 Å². The van der Waals surface area contributed by atoms with Crippen molar-refractivity contribution in [1.29, 1.82) is 0 Å². The van der Waals surface area contributed by atoms with Gasteiger partial charge in [-0.2, -0.15) is 4.39 Å². The summed E-state index contributed by atoms with van der Waals surface area (Å²) in [5.74, 6) is -0.783. The molecule has 0 unspecified atom stereocenters. The zero-order chi connectivity index (χ0) is 24.7. The normalized spacial score (nSPS) is 17.6. The van der Waals surface area contributed by atoms with E-state index in [2.05, 4.69) is 26.6 Å². The summed E-state index contributed by atoms with van der Waals surface area (Å²) < 4.78 is 41.7. The first-order chi connectivity index (χ1) is 16.0. The smallest absolute Gasteiger partial charge is 0.268 e. The van der Waals surface area contributed by atoms with E-state index >= 15 is 0 Å². The molecule has 1 saturated heterocycles. The van der Waals surface area contributed by atoms with Crippen molar-refractivity contribution in [3.05, 3.63) is 65.9 Å².